The van der Waals surface area contributed by atoms with Gasteiger partial charge in [-0.15, -0.1) is 0 Å². The molecule has 37 heavy (non-hydrogen) atoms. The highest BCUT2D eigenvalue weighted by Gasteiger charge is 2.52. The maximum atomic E-state index is 13.8. The van der Waals surface area contributed by atoms with Crippen LogP contribution in [0.1, 0.15) is 48.4 Å². The SMILES string of the molecule is O=C(N[C@H](CN1CCCC1)c1cccc(OCc2ccccc2)c1)C1(c2ccc3oc(=O)[nH]c3c2)CC1. The van der Waals surface area contributed by atoms with Gasteiger partial charge in [-0.05, 0) is 79.7 Å². The van der Waals surface area contributed by atoms with Crippen molar-refractivity contribution in [1.82, 2.24) is 15.2 Å². The standard InChI is InChI=1S/C30H31N3O4/c34-28(30(13-14-30)23-11-12-27-25(18-23)32-29(35)37-27)31-26(19-33-15-4-5-16-33)22-9-6-10-24(17-22)36-20-21-7-2-1-3-8-21/h1-3,6-12,17-18,26H,4-5,13-16,19-20H2,(H,31,34)(H,32,35)/t26-/m1/s1. The fraction of sp³-hybridized carbons (Fsp3) is 0.333. The van der Waals surface area contributed by atoms with Gasteiger partial charge in [0, 0.05) is 6.54 Å². The number of nitrogens with zero attached hydrogens (tertiary/aromatic N) is 1. The monoisotopic (exact) mass is 497 g/mol. The van der Waals surface area contributed by atoms with E-state index in [2.05, 4.69) is 21.3 Å². The smallest absolute Gasteiger partial charge is 0.417 e. The molecular weight excluding hydrogens is 466 g/mol. The highest BCUT2D eigenvalue weighted by molar-refractivity contribution is 5.92. The quantitative estimate of drug-likeness (QED) is 0.351. The van der Waals surface area contributed by atoms with E-state index in [1.54, 1.807) is 6.07 Å². The highest BCUT2D eigenvalue weighted by atomic mass is 16.5. The second kappa shape index (κ2) is 9.90. The molecule has 1 aromatic heterocycles. The third kappa shape index (κ3) is 5.04. The number of rotatable bonds is 9. The summed E-state index contributed by atoms with van der Waals surface area (Å²) in [7, 11) is 0. The van der Waals surface area contributed by atoms with Gasteiger partial charge in [0.1, 0.15) is 12.4 Å². The van der Waals surface area contributed by atoms with Crippen molar-refractivity contribution >= 4 is 17.0 Å². The Kier molecular flexibility index (Phi) is 6.30. The van der Waals surface area contributed by atoms with Crippen LogP contribution in [0, 0.1) is 0 Å². The van der Waals surface area contributed by atoms with Crippen LogP contribution in [-0.4, -0.2) is 35.4 Å². The second-order valence-electron chi connectivity index (χ2n) is 10.2. The zero-order valence-corrected chi connectivity index (χ0v) is 20.7. The van der Waals surface area contributed by atoms with Crippen LogP contribution in [0.15, 0.2) is 82.0 Å². The molecule has 1 aliphatic carbocycles. The van der Waals surface area contributed by atoms with Gasteiger partial charge in [-0.1, -0.05) is 48.5 Å². The molecule has 1 saturated heterocycles. The number of fused-ring (bicyclic) bond motifs is 1. The van der Waals surface area contributed by atoms with E-state index >= 15 is 0 Å². The van der Waals surface area contributed by atoms with Crippen LogP contribution in [0.5, 0.6) is 5.75 Å². The fourth-order valence-electron chi connectivity index (χ4n) is 5.34. The Bertz CT molecular complexity index is 1450. The number of carbonyl (C=O) groups is 1. The van der Waals surface area contributed by atoms with E-state index < -0.39 is 11.2 Å². The third-order valence-electron chi connectivity index (χ3n) is 7.61. The van der Waals surface area contributed by atoms with Crippen LogP contribution in [0.2, 0.25) is 0 Å². The molecule has 1 saturated carbocycles. The Balaban J connectivity index is 1.23. The summed E-state index contributed by atoms with van der Waals surface area (Å²) in [4.78, 5) is 30.5. The van der Waals surface area contributed by atoms with Crippen molar-refractivity contribution in [3.05, 3.63) is 100 Å². The van der Waals surface area contributed by atoms with Crippen LogP contribution in [0.3, 0.4) is 0 Å². The molecule has 2 heterocycles. The summed E-state index contributed by atoms with van der Waals surface area (Å²) in [5.74, 6) is 0.330. The van der Waals surface area contributed by atoms with Gasteiger partial charge >= 0.3 is 5.76 Å². The number of benzene rings is 3. The molecule has 4 aromatic rings. The largest absolute Gasteiger partial charge is 0.489 e. The molecule has 0 spiro atoms. The van der Waals surface area contributed by atoms with E-state index in [4.69, 9.17) is 9.15 Å². The number of hydrogen-bond acceptors (Lipinski definition) is 5. The van der Waals surface area contributed by atoms with Gasteiger partial charge < -0.3 is 19.4 Å². The molecule has 2 aliphatic rings. The lowest BCUT2D eigenvalue weighted by atomic mass is 9.93. The molecule has 7 heteroatoms. The first-order valence-electron chi connectivity index (χ1n) is 13.0. The van der Waals surface area contributed by atoms with Crippen molar-refractivity contribution < 1.29 is 13.9 Å². The van der Waals surface area contributed by atoms with Gasteiger partial charge in [-0.3, -0.25) is 9.78 Å². The van der Waals surface area contributed by atoms with Crippen LogP contribution >= 0.6 is 0 Å². The van der Waals surface area contributed by atoms with Crippen molar-refractivity contribution in [3.8, 4) is 5.75 Å². The van der Waals surface area contributed by atoms with Crippen LogP contribution < -0.4 is 15.8 Å². The van der Waals surface area contributed by atoms with Gasteiger partial charge in [-0.2, -0.15) is 0 Å². The van der Waals surface area contributed by atoms with E-state index in [9.17, 15) is 9.59 Å². The Morgan fingerprint density at radius 1 is 1.03 bits per heavy atom. The lowest BCUT2D eigenvalue weighted by Gasteiger charge is -2.27. The number of ether oxygens (including phenoxy) is 1. The third-order valence-corrected chi connectivity index (χ3v) is 7.61. The molecule has 0 radical (unpaired) electrons. The maximum absolute atomic E-state index is 13.8. The summed E-state index contributed by atoms with van der Waals surface area (Å²) in [6.07, 6.45) is 3.94. The number of H-pyrrole nitrogens is 1. The molecule has 1 amide bonds. The molecular formula is C30H31N3O4. The number of nitrogens with one attached hydrogen (secondary N) is 2. The molecule has 190 valence electrons. The van der Waals surface area contributed by atoms with E-state index in [-0.39, 0.29) is 11.9 Å². The Hall–Kier alpha value is -3.84. The Morgan fingerprint density at radius 3 is 2.62 bits per heavy atom. The summed E-state index contributed by atoms with van der Waals surface area (Å²) < 4.78 is 11.2. The summed E-state index contributed by atoms with van der Waals surface area (Å²) in [6, 6.07) is 23.6. The second-order valence-corrected chi connectivity index (χ2v) is 10.2. The van der Waals surface area contributed by atoms with Crippen molar-refractivity contribution in [3.63, 3.8) is 0 Å². The Labute approximate surface area is 215 Å². The van der Waals surface area contributed by atoms with E-state index in [0.717, 1.165) is 54.9 Å². The topological polar surface area (TPSA) is 87.6 Å². The molecule has 0 bridgehead atoms. The van der Waals surface area contributed by atoms with Crippen LogP contribution in [-0.2, 0) is 16.8 Å². The average Bonchev–Trinajstić information content (AvgIpc) is 3.41. The summed E-state index contributed by atoms with van der Waals surface area (Å²) in [6.45, 7) is 3.35. The first-order valence-corrected chi connectivity index (χ1v) is 13.0. The number of likely N-dealkylation sites (tertiary alicyclic amines) is 1. The zero-order valence-electron chi connectivity index (χ0n) is 20.7. The maximum Gasteiger partial charge on any atom is 0.417 e. The first-order chi connectivity index (χ1) is 18.1. The van der Waals surface area contributed by atoms with Crippen LogP contribution in [0.25, 0.3) is 11.1 Å². The van der Waals surface area contributed by atoms with Crippen molar-refractivity contribution in [1.29, 1.82) is 0 Å². The van der Waals surface area contributed by atoms with Gasteiger partial charge in [0.25, 0.3) is 0 Å². The minimum absolute atomic E-state index is 0.0255. The van der Waals surface area contributed by atoms with Gasteiger partial charge in [0.15, 0.2) is 5.58 Å². The predicted octanol–water partition coefficient (Wildman–Crippen LogP) is 4.69. The molecule has 2 fully saturated rings. The predicted molar refractivity (Wildman–Crippen MR) is 142 cm³/mol. The lowest BCUT2D eigenvalue weighted by Crippen LogP contribution is -2.41. The molecule has 1 aliphatic heterocycles. The van der Waals surface area contributed by atoms with Gasteiger partial charge in [0.05, 0.1) is 17.0 Å². The number of aromatic nitrogens is 1. The minimum atomic E-state index is -0.576. The van der Waals surface area contributed by atoms with E-state index in [0.29, 0.717) is 17.7 Å². The van der Waals surface area contributed by atoms with Gasteiger partial charge in [0.2, 0.25) is 5.91 Å². The summed E-state index contributed by atoms with van der Waals surface area (Å²) in [5.41, 5.74) is 3.61. The number of amides is 1. The zero-order chi connectivity index (χ0) is 25.2. The molecule has 7 nitrogen and oxygen atoms in total. The molecule has 2 N–H and O–H groups in total. The summed E-state index contributed by atoms with van der Waals surface area (Å²) in [5, 5.41) is 3.38. The van der Waals surface area contributed by atoms with E-state index in [1.807, 2.05) is 60.7 Å². The fourth-order valence-corrected chi connectivity index (χ4v) is 5.34. The number of hydrogen-bond donors (Lipinski definition) is 2. The highest BCUT2D eigenvalue weighted by Crippen LogP contribution is 2.49. The Morgan fingerprint density at radius 2 is 1.84 bits per heavy atom. The summed E-state index contributed by atoms with van der Waals surface area (Å²) >= 11 is 0. The molecule has 0 unspecified atom stereocenters. The van der Waals surface area contributed by atoms with Gasteiger partial charge in [-0.25, -0.2) is 4.79 Å². The van der Waals surface area contributed by atoms with Crippen LogP contribution in [0.4, 0.5) is 0 Å². The van der Waals surface area contributed by atoms with Crippen molar-refractivity contribution in [2.45, 2.75) is 43.7 Å². The van der Waals surface area contributed by atoms with Crippen molar-refractivity contribution in [2.24, 2.45) is 0 Å². The molecule has 1 atom stereocenters. The minimum Gasteiger partial charge on any atom is -0.489 e. The van der Waals surface area contributed by atoms with E-state index in [1.165, 1.54) is 12.8 Å². The normalized spacial score (nSPS) is 17.5. The first kappa shape index (κ1) is 23.6. The number of aromatic amines is 1. The molecule has 3 aromatic carbocycles. The number of oxazole rings is 1. The number of carbonyl (C=O) groups excluding carboxylic acids is 1. The molecule has 6 rings (SSSR count). The average molecular weight is 498 g/mol. The van der Waals surface area contributed by atoms with Crippen molar-refractivity contribution in [2.75, 3.05) is 19.6 Å². The lowest BCUT2D eigenvalue weighted by molar-refractivity contribution is -0.124.